The third-order valence-corrected chi connectivity index (χ3v) is 3.84. The van der Waals surface area contributed by atoms with Crippen LogP contribution in [0.2, 0.25) is 0 Å². The Kier molecular flexibility index (Phi) is 5.56. The average Bonchev–Trinajstić information content (AvgIpc) is 2.50. The number of hydrogen-bond donors (Lipinski definition) is 1. The maximum Gasteiger partial charge on any atom is 0.161 e. The van der Waals surface area contributed by atoms with Crippen LogP contribution in [0.1, 0.15) is 26.5 Å². The molecule has 0 saturated carbocycles. The van der Waals surface area contributed by atoms with Gasteiger partial charge < -0.3 is 10.1 Å². The molecule has 4 nitrogen and oxygen atoms in total. The summed E-state index contributed by atoms with van der Waals surface area (Å²) in [5, 5.41) is 3.27. The molecule has 1 aromatic carbocycles. The number of aromatic nitrogens is 2. The van der Waals surface area contributed by atoms with Crippen LogP contribution in [0.15, 0.2) is 28.7 Å². The maximum atomic E-state index is 5.55. The second kappa shape index (κ2) is 7.41. The summed E-state index contributed by atoms with van der Waals surface area (Å²) in [4.78, 5) is 9.27. The van der Waals surface area contributed by atoms with Crippen molar-refractivity contribution in [3.8, 4) is 17.1 Å². The molecule has 0 aliphatic heterocycles. The smallest absolute Gasteiger partial charge is 0.161 e. The van der Waals surface area contributed by atoms with Gasteiger partial charge in [-0.1, -0.05) is 19.1 Å². The summed E-state index contributed by atoms with van der Waals surface area (Å²) in [7, 11) is 0. The van der Waals surface area contributed by atoms with E-state index in [0.717, 1.165) is 40.3 Å². The molecule has 1 aromatic heterocycles. The number of hydrogen-bond acceptors (Lipinski definition) is 4. The highest BCUT2D eigenvalue weighted by molar-refractivity contribution is 9.10. The quantitative estimate of drug-likeness (QED) is 0.844. The van der Waals surface area contributed by atoms with Gasteiger partial charge in [0.1, 0.15) is 11.6 Å². The van der Waals surface area contributed by atoms with Crippen molar-refractivity contribution in [2.24, 2.45) is 0 Å². The number of nitrogens with one attached hydrogen (secondary N) is 1. The van der Waals surface area contributed by atoms with Crippen molar-refractivity contribution in [1.82, 2.24) is 9.97 Å². The van der Waals surface area contributed by atoms with E-state index < -0.39 is 0 Å². The first kappa shape index (κ1) is 15.8. The van der Waals surface area contributed by atoms with Gasteiger partial charge >= 0.3 is 0 Å². The van der Waals surface area contributed by atoms with Gasteiger partial charge in [-0.25, -0.2) is 9.97 Å². The van der Waals surface area contributed by atoms with Gasteiger partial charge in [0.15, 0.2) is 5.82 Å². The monoisotopic (exact) mass is 349 g/mol. The molecule has 1 heterocycles. The van der Waals surface area contributed by atoms with Gasteiger partial charge in [0.05, 0.1) is 16.8 Å². The van der Waals surface area contributed by atoms with Crippen LogP contribution in [0, 0.1) is 0 Å². The maximum absolute atomic E-state index is 5.55. The van der Waals surface area contributed by atoms with Crippen molar-refractivity contribution in [3.05, 3.63) is 34.4 Å². The molecule has 0 spiro atoms. The molecule has 21 heavy (non-hydrogen) atoms. The Morgan fingerprint density at radius 1 is 1.19 bits per heavy atom. The Balaban J connectivity index is 2.47. The van der Waals surface area contributed by atoms with Gasteiger partial charge in [-0.05, 0) is 48.3 Å². The minimum Gasteiger partial charge on any atom is -0.494 e. The summed E-state index contributed by atoms with van der Waals surface area (Å²) in [6.07, 6.45) is 0.847. The molecule has 0 unspecified atom stereocenters. The van der Waals surface area contributed by atoms with Gasteiger partial charge in [-0.15, -0.1) is 0 Å². The molecule has 0 aliphatic rings. The molecule has 0 amide bonds. The number of halogens is 1. The Hall–Kier alpha value is -1.62. The Bertz CT molecular complexity index is 616. The molecule has 0 bridgehead atoms. The number of rotatable bonds is 6. The van der Waals surface area contributed by atoms with Crippen LogP contribution in [0.25, 0.3) is 11.4 Å². The second-order valence-electron chi connectivity index (χ2n) is 4.50. The molecule has 112 valence electrons. The van der Waals surface area contributed by atoms with E-state index in [2.05, 4.69) is 45.1 Å². The molecule has 0 saturated heterocycles. The molecule has 2 rings (SSSR count). The number of benzene rings is 1. The summed E-state index contributed by atoms with van der Waals surface area (Å²) in [6.45, 7) is 7.57. The average molecular weight is 350 g/mol. The first-order chi connectivity index (χ1) is 10.2. The summed E-state index contributed by atoms with van der Waals surface area (Å²) in [5.41, 5.74) is 1.96. The fourth-order valence-electron chi connectivity index (χ4n) is 2.03. The summed E-state index contributed by atoms with van der Waals surface area (Å²) >= 11 is 3.58. The minimum absolute atomic E-state index is 0.646. The fourth-order valence-corrected chi connectivity index (χ4v) is 2.63. The van der Waals surface area contributed by atoms with E-state index in [9.17, 15) is 0 Å². The lowest BCUT2D eigenvalue weighted by Gasteiger charge is -2.12. The lowest BCUT2D eigenvalue weighted by molar-refractivity contribution is 0.340. The van der Waals surface area contributed by atoms with Gasteiger partial charge in [0.25, 0.3) is 0 Å². The largest absolute Gasteiger partial charge is 0.494 e. The normalized spacial score (nSPS) is 10.5. The number of nitrogens with zero attached hydrogens (tertiary/aromatic N) is 2. The van der Waals surface area contributed by atoms with E-state index in [0.29, 0.717) is 12.4 Å². The van der Waals surface area contributed by atoms with Gasteiger partial charge in [0.2, 0.25) is 0 Å². The van der Waals surface area contributed by atoms with E-state index in [1.54, 1.807) is 0 Å². The third-order valence-electron chi connectivity index (χ3n) is 3.00. The van der Waals surface area contributed by atoms with Crippen LogP contribution < -0.4 is 10.1 Å². The third kappa shape index (κ3) is 3.73. The van der Waals surface area contributed by atoms with Gasteiger partial charge in [-0.2, -0.15) is 0 Å². The molecule has 0 atom stereocenters. The standard InChI is InChI=1S/C16H20BrN3O/c1-4-13-14(17)16(18-5-2)20-15(19-13)11-8-7-9-12(10-11)21-6-3/h7-10H,4-6H2,1-3H3,(H,18,19,20). The van der Waals surface area contributed by atoms with Gasteiger partial charge in [0, 0.05) is 12.1 Å². The van der Waals surface area contributed by atoms with E-state index in [4.69, 9.17) is 4.74 Å². The lowest BCUT2D eigenvalue weighted by Crippen LogP contribution is -2.06. The highest BCUT2D eigenvalue weighted by atomic mass is 79.9. The van der Waals surface area contributed by atoms with Crippen molar-refractivity contribution in [3.63, 3.8) is 0 Å². The molecule has 1 N–H and O–H groups in total. The summed E-state index contributed by atoms with van der Waals surface area (Å²) < 4.78 is 6.49. The molecular weight excluding hydrogens is 330 g/mol. The highest BCUT2D eigenvalue weighted by Crippen LogP contribution is 2.28. The van der Waals surface area contributed by atoms with Gasteiger partial charge in [-0.3, -0.25) is 0 Å². The Morgan fingerprint density at radius 2 is 2.00 bits per heavy atom. The van der Waals surface area contributed by atoms with Crippen LogP contribution in [0.4, 0.5) is 5.82 Å². The van der Waals surface area contributed by atoms with E-state index in [1.165, 1.54) is 0 Å². The Labute approximate surface area is 134 Å². The molecule has 5 heteroatoms. The number of aryl methyl sites for hydroxylation is 1. The molecule has 0 fully saturated rings. The van der Waals surface area contributed by atoms with Crippen molar-refractivity contribution in [2.45, 2.75) is 27.2 Å². The zero-order chi connectivity index (χ0) is 15.2. The number of ether oxygens (including phenoxy) is 1. The molecule has 0 aliphatic carbocycles. The summed E-state index contributed by atoms with van der Waals surface area (Å²) in [5.74, 6) is 2.39. The summed E-state index contributed by atoms with van der Waals surface area (Å²) in [6, 6.07) is 7.88. The van der Waals surface area contributed by atoms with Crippen LogP contribution in [-0.4, -0.2) is 23.1 Å². The van der Waals surface area contributed by atoms with Crippen LogP contribution in [-0.2, 0) is 6.42 Å². The van der Waals surface area contributed by atoms with Crippen LogP contribution in [0.3, 0.4) is 0 Å². The first-order valence-electron chi connectivity index (χ1n) is 7.23. The molecule has 0 radical (unpaired) electrons. The van der Waals surface area contributed by atoms with Crippen molar-refractivity contribution in [2.75, 3.05) is 18.5 Å². The first-order valence-corrected chi connectivity index (χ1v) is 8.02. The lowest BCUT2D eigenvalue weighted by atomic mass is 10.2. The van der Waals surface area contributed by atoms with Crippen molar-refractivity contribution in [1.29, 1.82) is 0 Å². The Morgan fingerprint density at radius 3 is 2.67 bits per heavy atom. The zero-order valence-electron chi connectivity index (χ0n) is 12.6. The van der Waals surface area contributed by atoms with Crippen LogP contribution in [0.5, 0.6) is 5.75 Å². The van der Waals surface area contributed by atoms with Crippen molar-refractivity contribution < 1.29 is 4.74 Å². The SMILES string of the molecule is CCNc1nc(-c2cccc(OCC)c2)nc(CC)c1Br. The predicted molar refractivity (Wildman–Crippen MR) is 89.9 cm³/mol. The fraction of sp³-hybridized carbons (Fsp3) is 0.375. The topological polar surface area (TPSA) is 47.0 Å². The predicted octanol–water partition coefficient (Wildman–Crippen LogP) is 4.30. The van der Waals surface area contributed by atoms with E-state index in [1.807, 2.05) is 31.2 Å². The number of anilines is 1. The second-order valence-corrected chi connectivity index (χ2v) is 5.29. The van der Waals surface area contributed by atoms with E-state index >= 15 is 0 Å². The van der Waals surface area contributed by atoms with Crippen LogP contribution >= 0.6 is 15.9 Å². The van der Waals surface area contributed by atoms with Crippen molar-refractivity contribution >= 4 is 21.7 Å². The highest BCUT2D eigenvalue weighted by Gasteiger charge is 2.12. The molecule has 2 aromatic rings. The van der Waals surface area contributed by atoms with E-state index in [-0.39, 0.29) is 0 Å². The zero-order valence-corrected chi connectivity index (χ0v) is 14.2. The minimum atomic E-state index is 0.646. The molecular formula is C16H20BrN3O.